The first kappa shape index (κ1) is 13.0. The minimum absolute atomic E-state index is 0.378. The van der Waals surface area contributed by atoms with E-state index in [1.54, 1.807) is 0 Å². The van der Waals surface area contributed by atoms with Crippen molar-refractivity contribution in [3.8, 4) is 0 Å². The predicted molar refractivity (Wildman–Crippen MR) is 64.9 cm³/mol. The molecule has 2 N–H and O–H groups in total. The maximum Gasteiger partial charge on any atom is 0.0575 e. The lowest BCUT2D eigenvalue weighted by atomic mass is 10.1. The summed E-state index contributed by atoms with van der Waals surface area (Å²) in [5.74, 6) is 0. The van der Waals surface area contributed by atoms with Crippen LogP contribution in [0.1, 0.15) is 64.7 Å². The average Bonchev–Trinajstić information content (AvgIpc) is 2.52. The molecule has 2 nitrogen and oxygen atoms in total. The molecular formula is C13H27NO. The van der Waals surface area contributed by atoms with Crippen LogP contribution in [0.3, 0.4) is 0 Å². The summed E-state index contributed by atoms with van der Waals surface area (Å²) in [4.78, 5) is 0. The largest absolute Gasteiger partial charge is 0.378 e. The van der Waals surface area contributed by atoms with E-state index in [-0.39, 0.29) is 0 Å². The van der Waals surface area contributed by atoms with Gasteiger partial charge in [-0.1, -0.05) is 32.6 Å². The van der Waals surface area contributed by atoms with Gasteiger partial charge in [-0.3, -0.25) is 0 Å². The second-order valence-corrected chi connectivity index (χ2v) is 4.79. The Balaban J connectivity index is 1.98. The minimum atomic E-state index is 0.378. The van der Waals surface area contributed by atoms with Crippen molar-refractivity contribution in [2.75, 3.05) is 6.61 Å². The van der Waals surface area contributed by atoms with Gasteiger partial charge in [0.05, 0.1) is 6.10 Å². The molecule has 2 heteroatoms. The fourth-order valence-electron chi connectivity index (χ4n) is 2.21. The van der Waals surface area contributed by atoms with Gasteiger partial charge in [0.1, 0.15) is 0 Å². The first-order valence-electron chi connectivity index (χ1n) is 6.70. The molecule has 1 saturated carbocycles. The summed E-state index contributed by atoms with van der Waals surface area (Å²) in [7, 11) is 0. The van der Waals surface area contributed by atoms with Crippen molar-refractivity contribution in [1.82, 2.24) is 0 Å². The van der Waals surface area contributed by atoms with Crippen molar-refractivity contribution < 1.29 is 4.74 Å². The first-order valence-corrected chi connectivity index (χ1v) is 6.70. The van der Waals surface area contributed by atoms with Gasteiger partial charge < -0.3 is 10.5 Å². The molecule has 1 unspecified atom stereocenters. The third-order valence-corrected chi connectivity index (χ3v) is 3.40. The number of hydrogen-bond acceptors (Lipinski definition) is 2. The van der Waals surface area contributed by atoms with Gasteiger partial charge in [0.15, 0.2) is 0 Å². The lowest BCUT2D eigenvalue weighted by Crippen LogP contribution is -2.20. The smallest absolute Gasteiger partial charge is 0.0575 e. The molecule has 0 radical (unpaired) electrons. The van der Waals surface area contributed by atoms with E-state index in [2.05, 4.69) is 6.92 Å². The zero-order valence-corrected chi connectivity index (χ0v) is 10.2. The van der Waals surface area contributed by atoms with E-state index in [0.29, 0.717) is 12.1 Å². The van der Waals surface area contributed by atoms with Gasteiger partial charge in [0.25, 0.3) is 0 Å². The molecule has 0 heterocycles. The highest BCUT2D eigenvalue weighted by atomic mass is 16.5. The fraction of sp³-hybridized carbons (Fsp3) is 1.00. The van der Waals surface area contributed by atoms with Crippen molar-refractivity contribution in [2.45, 2.75) is 76.9 Å². The second kappa shape index (κ2) is 8.12. The molecule has 0 amide bonds. The van der Waals surface area contributed by atoms with E-state index in [0.717, 1.165) is 25.9 Å². The van der Waals surface area contributed by atoms with Crippen molar-refractivity contribution in [1.29, 1.82) is 0 Å². The Labute approximate surface area is 94.6 Å². The topological polar surface area (TPSA) is 35.2 Å². The van der Waals surface area contributed by atoms with Crippen LogP contribution in [0.25, 0.3) is 0 Å². The SMILES string of the molecule is CCC(N)CCCOC1CCCCCC1. The molecule has 0 saturated heterocycles. The minimum Gasteiger partial charge on any atom is -0.378 e. The summed E-state index contributed by atoms with van der Waals surface area (Å²) in [6, 6.07) is 0.378. The van der Waals surface area contributed by atoms with Crippen molar-refractivity contribution in [2.24, 2.45) is 5.73 Å². The van der Waals surface area contributed by atoms with Crippen LogP contribution in [0.4, 0.5) is 0 Å². The van der Waals surface area contributed by atoms with Crippen LogP contribution < -0.4 is 5.73 Å². The van der Waals surface area contributed by atoms with Gasteiger partial charge in [0.2, 0.25) is 0 Å². The Morgan fingerprint density at radius 1 is 1.20 bits per heavy atom. The predicted octanol–water partition coefficient (Wildman–Crippen LogP) is 3.24. The molecule has 0 aromatic heterocycles. The summed E-state index contributed by atoms with van der Waals surface area (Å²) in [5, 5.41) is 0. The Hall–Kier alpha value is -0.0800. The summed E-state index contributed by atoms with van der Waals surface area (Å²) >= 11 is 0. The summed E-state index contributed by atoms with van der Waals surface area (Å²) < 4.78 is 5.90. The molecule has 1 aliphatic carbocycles. The molecule has 0 aromatic rings. The lowest BCUT2D eigenvalue weighted by molar-refractivity contribution is 0.0403. The molecule has 1 atom stereocenters. The van der Waals surface area contributed by atoms with Crippen molar-refractivity contribution in [3.63, 3.8) is 0 Å². The maximum absolute atomic E-state index is 5.90. The van der Waals surface area contributed by atoms with Gasteiger partial charge in [-0.25, -0.2) is 0 Å². The highest BCUT2D eigenvalue weighted by Gasteiger charge is 2.12. The van der Waals surface area contributed by atoms with Gasteiger partial charge in [-0.2, -0.15) is 0 Å². The van der Waals surface area contributed by atoms with Crippen LogP contribution in [0.5, 0.6) is 0 Å². The Morgan fingerprint density at radius 2 is 1.87 bits per heavy atom. The van der Waals surface area contributed by atoms with E-state index in [1.165, 1.54) is 38.5 Å². The van der Waals surface area contributed by atoms with Crippen LogP contribution in [-0.2, 0) is 4.74 Å². The normalized spacial score (nSPS) is 21.2. The molecule has 0 aliphatic heterocycles. The maximum atomic E-state index is 5.90. The quantitative estimate of drug-likeness (QED) is 0.543. The average molecular weight is 213 g/mol. The first-order chi connectivity index (χ1) is 7.33. The number of nitrogens with two attached hydrogens (primary N) is 1. The second-order valence-electron chi connectivity index (χ2n) is 4.79. The van der Waals surface area contributed by atoms with Gasteiger partial charge in [-0.15, -0.1) is 0 Å². The van der Waals surface area contributed by atoms with Crippen molar-refractivity contribution in [3.05, 3.63) is 0 Å². The Kier molecular flexibility index (Phi) is 7.03. The molecule has 90 valence electrons. The third kappa shape index (κ3) is 6.16. The van der Waals surface area contributed by atoms with Gasteiger partial charge in [-0.05, 0) is 32.1 Å². The van der Waals surface area contributed by atoms with E-state index in [9.17, 15) is 0 Å². The van der Waals surface area contributed by atoms with Crippen LogP contribution in [-0.4, -0.2) is 18.8 Å². The zero-order valence-electron chi connectivity index (χ0n) is 10.2. The summed E-state index contributed by atoms with van der Waals surface area (Å²) in [6.45, 7) is 3.06. The molecule has 0 aromatic carbocycles. The van der Waals surface area contributed by atoms with E-state index in [1.807, 2.05) is 0 Å². The molecule has 0 bridgehead atoms. The molecule has 1 fully saturated rings. The van der Waals surface area contributed by atoms with Crippen LogP contribution in [0.15, 0.2) is 0 Å². The molecule has 0 spiro atoms. The number of hydrogen-bond donors (Lipinski definition) is 1. The molecule has 1 aliphatic rings. The molecular weight excluding hydrogens is 186 g/mol. The number of rotatable bonds is 6. The van der Waals surface area contributed by atoms with Crippen molar-refractivity contribution >= 4 is 0 Å². The monoisotopic (exact) mass is 213 g/mol. The Bertz CT molecular complexity index is 141. The molecule has 15 heavy (non-hydrogen) atoms. The standard InChI is InChI=1S/C13H27NO/c1-2-12(14)8-7-11-15-13-9-5-3-4-6-10-13/h12-13H,2-11,14H2,1H3. The fourth-order valence-corrected chi connectivity index (χ4v) is 2.21. The third-order valence-electron chi connectivity index (χ3n) is 3.40. The highest BCUT2D eigenvalue weighted by Crippen LogP contribution is 2.20. The van der Waals surface area contributed by atoms with Crippen LogP contribution in [0.2, 0.25) is 0 Å². The Morgan fingerprint density at radius 3 is 2.47 bits per heavy atom. The van der Waals surface area contributed by atoms with E-state index in [4.69, 9.17) is 10.5 Å². The molecule has 1 rings (SSSR count). The van der Waals surface area contributed by atoms with Gasteiger partial charge in [0, 0.05) is 12.6 Å². The summed E-state index contributed by atoms with van der Waals surface area (Å²) in [6.07, 6.45) is 12.0. The number of ether oxygens (including phenoxy) is 1. The zero-order chi connectivity index (χ0) is 10.9. The van der Waals surface area contributed by atoms with E-state index >= 15 is 0 Å². The lowest BCUT2D eigenvalue weighted by Gasteiger charge is -2.16. The highest BCUT2D eigenvalue weighted by molar-refractivity contribution is 4.64. The van der Waals surface area contributed by atoms with Crippen LogP contribution >= 0.6 is 0 Å². The van der Waals surface area contributed by atoms with Gasteiger partial charge >= 0.3 is 0 Å². The van der Waals surface area contributed by atoms with E-state index < -0.39 is 0 Å². The van der Waals surface area contributed by atoms with Crippen LogP contribution in [0, 0.1) is 0 Å². The summed E-state index contributed by atoms with van der Waals surface area (Å²) in [5.41, 5.74) is 5.86.